The third-order valence-corrected chi connectivity index (χ3v) is 10.9. The lowest BCUT2D eigenvalue weighted by Gasteiger charge is -2.09. The van der Waals surface area contributed by atoms with Crippen LogP contribution in [0.25, 0.3) is 90.9 Å². The Hall–Kier alpha value is -8.11. The van der Waals surface area contributed by atoms with Crippen LogP contribution in [-0.2, 0) is 6.54 Å². The lowest BCUT2D eigenvalue weighted by molar-refractivity contribution is -0.392. The maximum Gasteiger partial charge on any atom is 0.342 e. The van der Waals surface area contributed by atoms with E-state index >= 15 is 0 Å². The average molecular weight is 784 g/mol. The number of hydrogen-bond donors (Lipinski definition) is 2. The van der Waals surface area contributed by atoms with Crippen LogP contribution in [0.4, 0.5) is 5.82 Å². The first-order valence-electron chi connectivity index (χ1n) is 19.7. The number of imidazole rings is 1. The number of ether oxygens (including phenoxy) is 1. The number of hydrogen-bond acceptors (Lipinski definition) is 6. The van der Waals surface area contributed by atoms with E-state index in [9.17, 15) is 10.1 Å². The van der Waals surface area contributed by atoms with Gasteiger partial charge in [-0.05, 0) is 87.9 Å². The molecular formula is C50H37N7O3. The molecule has 0 fully saturated rings. The maximum atomic E-state index is 11.5. The Morgan fingerprint density at radius 2 is 0.933 bits per heavy atom. The van der Waals surface area contributed by atoms with E-state index in [-0.39, 0.29) is 12.4 Å². The van der Waals surface area contributed by atoms with Gasteiger partial charge in [0.05, 0.1) is 22.8 Å². The summed E-state index contributed by atoms with van der Waals surface area (Å²) >= 11 is 0. The van der Waals surface area contributed by atoms with Crippen LogP contribution in [0.2, 0.25) is 0 Å². The van der Waals surface area contributed by atoms with Crippen LogP contribution in [-0.4, -0.2) is 41.0 Å². The Labute approximate surface area is 345 Å². The summed E-state index contributed by atoms with van der Waals surface area (Å²) in [4.78, 5) is 33.5. The maximum absolute atomic E-state index is 11.5. The highest BCUT2D eigenvalue weighted by Gasteiger charge is 2.20. The molecule has 10 nitrogen and oxygen atoms in total. The second-order valence-corrected chi connectivity index (χ2v) is 14.5. The van der Waals surface area contributed by atoms with Gasteiger partial charge in [0.25, 0.3) is 0 Å². The van der Waals surface area contributed by atoms with Crippen molar-refractivity contribution >= 4 is 52.2 Å². The largest absolute Gasteiger partial charge is 0.489 e. The third-order valence-electron chi connectivity index (χ3n) is 10.9. The predicted octanol–water partition coefficient (Wildman–Crippen LogP) is 11.8. The second-order valence-electron chi connectivity index (χ2n) is 14.5. The number of aromatic amines is 2. The van der Waals surface area contributed by atoms with Crippen LogP contribution in [0, 0.1) is 17.0 Å². The minimum absolute atomic E-state index is 0.0587. The Balaban J connectivity index is 1.20. The fourth-order valence-electron chi connectivity index (χ4n) is 8.09. The summed E-state index contributed by atoms with van der Waals surface area (Å²) < 4.78 is 7.64. The predicted molar refractivity (Wildman–Crippen MR) is 240 cm³/mol. The number of aromatic nitrogens is 6. The zero-order valence-electron chi connectivity index (χ0n) is 32.5. The highest BCUT2D eigenvalue weighted by atomic mass is 16.6. The summed E-state index contributed by atoms with van der Waals surface area (Å²) in [6, 6.07) is 47.5. The number of nitrogens with zero attached hydrogens (tertiary/aromatic N) is 5. The summed E-state index contributed by atoms with van der Waals surface area (Å²) in [5, 5.41) is 11.5. The molecule has 0 spiro atoms. The van der Waals surface area contributed by atoms with E-state index in [1.54, 1.807) is 11.5 Å². The molecule has 8 bridgehead atoms. The number of H-pyrrole nitrogens is 2. The van der Waals surface area contributed by atoms with Crippen LogP contribution >= 0.6 is 0 Å². The van der Waals surface area contributed by atoms with Crippen LogP contribution in [0.3, 0.4) is 0 Å². The van der Waals surface area contributed by atoms with E-state index in [0.717, 1.165) is 89.4 Å². The van der Waals surface area contributed by atoms with Crippen molar-refractivity contribution in [1.82, 2.24) is 29.5 Å². The van der Waals surface area contributed by atoms with Crippen molar-refractivity contribution < 1.29 is 9.66 Å². The van der Waals surface area contributed by atoms with E-state index in [1.165, 1.54) is 6.20 Å². The van der Waals surface area contributed by atoms with Gasteiger partial charge in [-0.2, -0.15) is 0 Å². The molecule has 2 N–H and O–H groups in total. The van der Waals surface area contributed by atoms with Crippen molar-refractivity contribution in [2.75, 3.05) is 6.61 Å². The lowest BCUT2D eigenvalue weighted by Crippen LogP contribution is -2.11. The SMILES string of the molecule is Cc1ncc([N+](=O)[O-])n1CCOc1ccc(-c2c3nc(c(-c4ccccc4)c4ccc([nH]4)c(-c4ccccc4)c4nc(c(-c5ccccc5)c5ccc2[nH]5)C=C4)C=C3)cc1. The topological polar surface area (TPSA) is 128 Å². The first kappa shape index (κ1) is 36.2. The lowest BCUT2D eigenvalue weighted by atomic mass is 10.0. The van der Waals surface area contributed by atoms with Crippen molar-refractivity contribution in [1.29, 1.82) is 0 Å². The normalized spacial score (nSPS) is 11.9. The number of benzene rings is 4. The summed E-state index contributed by atoms with van der Waals surface area (Å²) in [6.45, 7) is 2.27. The molecule has 10 rings (SSSR count). The van der Waals surface area contributed by atoms with Gasteiger partial charge >= 0.3 is 5.82 Å². The molecule has 4 aromatic carbocycles. The average Bonchev–Trinajstić information content (AvgIpc) is 4.15. The van der Waals surface area contributed by atoms with Crippen LogP contribution < -0.4 is 4.74 Å². The third kappa shape index (κ3) is 6.75. The summed E-state index contributed by atoms with van der Waals surface area (Å²) in [5.74, 6) is 1.14. The van der Waals surface area contributed by atoms with Crippen molar-refractivity contribution in [3.05, 3.63) is 184 Å². The fraction of sp³-hybridized carbons (Fsp3) is 0.0600. The van der Waals surface area contributed by atoms with Crippen molar-refractivity contribution in [3.63, 3.8) is 0 Å². The summed E-state index contributed by atoms with van der Waals surface area (Å²) in [6.07, 6.45) is 9.65. The molecule has 0 unspecified atom stereocenters. The zero-order valence-corrected chi connectivity index (χ0v) is 32.5. The molecule has 60 heavy (non-hydrogen) atoms. The molecule has 0 aliphatic carbocycles. The van der Waals surface area contributed by atoms with Gasteiger partial charge in [0.2, 0.25) is 0 Å². The first-order valence-corrected chi connectivity index (χ1v) is 19.7. The molecule has 2 aliphatic heterocycles. The fourth-order valence-corrected chi connectivity index (χ4v) is 8.09. The van der Waals surface area contributed by atoms with Gasteiger partial charge in [-0.3, -0.25) is 0 Å². The first-order chi connectivity index (χ1) is 29.5. The van der Waals surface area contributed by atoms with Gasteiger partial charge in [0, 0.05) is 51.2 Å². The van der Waals surface area contributed by atoms with E-state index in [1.807, 2.05) is 66.7 Å². The summed E-state index contributed by atoms with van der Waals surface area (Å²) in [7, 11) is 0. The number of aryl methyl sites for hydroxylation is 1. The minimum Gasteiger partial charge on any atom is -0.489 e. The molecule has 4 aromatic heterocycles. The molecule has 0 atom stereocenters. The van der Waals surface area contributed by atoms with Crippen LogP contribution in [0.1, 0.15) is 28.6 Å². The molecule has 8 aromatic rings. The molecule has 0 radical (unpaired) electrons. The van der Waals surface area contributed by atoms with Crippen LogP contribution in [0.15, 0.2) is 146 Å². The van der Waals surface area contributed by atoms with Gasteiger partial charge in [0.1, 0.15) is 25.1 Å². The molecule has 6 heterocycles. The van der Waals surface area contributed by atoms with Crippen molar-refractivity contribution in [3.8, 4) is 50.3 Å². The summed E-state index contributed by atoms with van der Waals surface area (Å²) in [5.41, 5.74) is 15.0. The number of rotatable bonds is 9. The highest BCUT2D eigenvalue weighted by molar-refractivity contribution is 5.99. The van der Waals surface area contributed by atoms with Gasteiger partial charge in [-0.25, -0.2) is 19.5 Å². The Bertz CT molecular complexity index is 3110. The van der Waals surface area contributed by atoms with Gasteiger partial charge in [0.15, 0.2) is 5.82 Å². The second kappa shape index (κ2) is 15.3. The Morgan fingerprint density at radius 3 is 1.32 bits per heavy atom. The Kier molecular flexibility index (Phi) is 9.26. The standard InChI is InChI=1S/C50H37N7O3/c1-32-51-31-46(57(58)59)56(32)29-30-60-37-19-17-36(18-20-37)50-44-27-25-42(54-44)48(34-13-7-3-8-14-34)40-23-21-38(52-40)47(33-11-5-2-6-12-33)39-22-24-41(53-39)49(35-15-9-4-10-16-35)43-26-28-45(50)55-43/h2-28,31,52,55H,29-30H2,1H3. The van der Waals surface area contributed by atoms with Crippen LogP contribution in [0.5, 0.6) is 5.75 Å². The molecule has 0 saturated carbocycles. The van der Waals surface area contributed by atoms with Crippen molar-refractivity contribution in [2.45, 2.75) is 13.5 Å². The van der Waals surface area contributed by atoms with Gasteiger partial charge < -0.3 is 24.8 Å². The van der Waals surface area contributed by atoms with E-state index in [0.29, 0.717) is 18.1 Å². The van der Waals surface area contributed by atoms with E-state index < -0.39 is 4.92 Å². The monoisotopic (exact) mass is 783 g/mol. The number of nitrogens with one attached hydrogen (secondary N) is 2. The van der Waals surface area contributed by atoms with Crippen molar-refractivity contribution in [2.24, 2.45) is 0 Å². The number of fused-ring (bicyclic) bond motifs is 8. The zero-order chi connectivity index (χ0) is 40.6. The quantitative estimate of drug-likeness (QED) is 0.111. The molecular weight excluding hydrogens is 747 g/mol. The highest BCUT2D eigenvalue weighted by Crippen LogP contribution is 2.38. The number of nitro groups is 1. The molecule has 0 saturated heterocycles. The van der Waals surface area contributed by atoms with Gasteiger partial charge in [-0.1, -0.05) is 103 Å². The van der Waals surface area contributed by atoms with E-state index in [2.05, 4.69) is 112 Å². The molecule has 10 heteroatoms. The molecule has 0 amide bonds. The Morgan fingerprint density at radius 1 is 0.550 bits per heavy atom. The smallest absolute Gasteiger partial charge is 0.342 e. The minimum atomic E-state index is -0.430. The molecule has 290 valence electrons. The van der Waals surface area contributed by atoms with E-state index in [4.69, 9.17) is 14.7 Å². The van der Waals surface area contributed by atoms with Gasteiger partial charge in [-0.15, -0.1) is 0 Å². The molecule has 2 aliphatic rings.